The highest BCUT2D eigenvalue weighted by atomic mass is 16.5. The summed E-state index contributed by atoms with van der Waals surface area (Å²) in [5.41, 5.74) is 7.51. The van der Waals surface area contributed by atoms with Gasteiger partial charge in [-0.25, -0.2) is 0 Å². The monoisotopic (exact) mass is 517 g/mol. The van der Waals surface area contributed by atoms with Crippen molar-refractivity contribution in [2.45, 2.75) is 32.9 Å². The van der Waals surface area contributed by atoms with Crippen LogP contribution in [0.25, 0.3) is 22.4 Å². The first-order valence-corrected chi connectivity index (χ1v) is 13.1. The molecule has 6 nitrogen and oxygen atoms in total. The molecule has 2 aromatic heterocycles. The van der Waals surface area contributed by atoms with Gasteiger partial charge in [0, 0.05) is 48.9 Å². The summed E-state index contributed by atoms with van der Waals surface area (Å²) in [6.07, 6.45) is 10.4. The highest BCUT2D eigenvalue weighted by Gasteiger charge is 2.12. The molecule has 0 atom stereocenters. The molecule has 0 aliphatic rings. The Hall–Kier alpha value is -4.71. The third-order valence-electron chi connectivity index (χ3n) is 6.43. The number of carbonyl (C=O) groups is 1. The number of carbonyl (C=O) groups excluding carboxylic acids is 1. The fourth-order valence-corrected chi connectivity index (χ4v) is 4.53. The minimum Gasteiger partial charge on any atom is -0.489 e. The summed E-state index contributed by atoms with van der Waals surface area (Å²) >= 11 is 0. The molecular weight excluding hydrogens is 486 g/mol. The Morgan fingerprint density at radius 2 is 1.69 bits per heavy atom. The first-order valence-electron chi connectivity index (χ1n) is 13.1. The highest BCUT2D eigenvalue weighted by Crippen LogP contribution is 2.27. The van der Waals surface area contributed by atoms with Gasteiger partial charge < -0.3 is 14.0 Å². The molecule has 3 aromatic carbocycles. The summed E-state index contributed by atoms with van der Waals surface area (Å²) in [4.78, 5) is 20.5. The van der Waals surface area contributed by atoms with E-state index in [1.165, 1.54) is 5.56 Å². The van der Waals surface area contributed by atoms with Gasteiger partial charge in [-0.3, -0.25) is 14.8 Å². The number of hydrogen-bond donors (Lipinski definition) is 0. The number of ether oxygens (including phenoxy) is 2. The lowest BCUT2D eigenvalue weighted by molar-refractivity contribution is -0.143. The molecule has 5 rings (SSSR count). The van der Waals surface area contributed by atoms with Gasteiger partial charge in [0.15, 0.2) is 0 Å². The minimum atomic E-state index is -0.166. The predicted molar refractivity (Wildman–Crippen MR) is 152 cm³/mol. The maximum absolute atomic E-state index is 12.0. The molecule has 0 saturated carbocycles. The Kier molecular flexibility index (Phi) is 8.44. The second-order valence-corrected chi connectivity index (χ2v) is 9.26. The Balaban J connectivity index is 1.24. The van der Waals surface area contributed by atoms with Gasteiger partial charge in [0.25, 0.3) is 0 Å². The molecule has 0 fully saturated rings. The molecule has 0 unspecified atom stereocenters. The maximum Gasteiger partial charge on any atom is 0.306 e. The zero-order valence-corrected chi connectivity index (χ0v) is 22.0. The van der Waals surface area contributed by atoms with Crippen molar-refractivity contribution in [3.8, 4) is 28.1 Å². The van der Waals surface area contributed by atoms with Gasteiger partial charge in [-0.15, -0.1) is 0 Å². The second kappa shape index (κ2) is 12.7. The zero-order valence-electron chi connectivity index (χ0n) is 22.0. The molecule has 2 heterocycles. The molecule has 0 saturated heterocycles. The first kappa shape index (κ1) is 25.9. The molecule has 0 spiro atoms. The van der Waals surface area contributed by atoms with Crippen LogP contribution in [-0.4, -0.2) is 27.1 Å². The van der Waals surface area contributed by atoms with Gasteiger partial charge >= 0.3 is 5.97 Å². The molecular formula is C33H31N3O3. The van der Waals surface area contributed by atoms with Crippen molar-refractivity contribution in [1.29, 1.82) is 0 Å². The topological polar surface area (TPSA) is 66.2 Å². The Bertz CT molecular complexity index is 1500. The molecule has 0 bridgehead atoms. The Labute approximate surface area is 228 Å². The Morgan fingerprint density at radius 1 is 0.872 bits per heavy atom. The second-order valence-electron chi connectivity index (χ2n) is 9.26. The van der Waals surface area contributed by atoms with Gasteiger partial charge in [0.05, 0.1) is 18.5 Å². The van der Waals surface area contributed by atoms with Crippen LogP contribution in [0.1, 0.15) is 30.0 Å². The zero-order chi connectivity index (χ0) is 26.9. The molecule has 6 heteroatoms. The largest absolute Gasteiger partial charge is 0.489 e. The summed E-state index contributed by atoms with van der Waals surface area (Å²) in [6, 6.07) is 26.6. The third kappa shape index (κ3) is 6.99. The fourth-order valence-electron chi connectivity index (χ4n) is 4.53. The molecule has 0 radical (unpaired) electrons. The summed E-state index contributed by atoms with van der Waals surface area (Å²) in [7, 11) is 0. The number of nitrogens with zero attached hydrogens (tertiary/aromatic N) is 3. The maximum atomic E-state index is 12.0. The van der Waals surface area contributed by atoms with Crippen LogP contribution in [0.5, 0.6) is 5.75 Å². The summed E-state index contributed by atoms with van der Waals surface area (Å²) < 4.78 is 13.4. The van der Waals surface area contributed by atoms with Crippen LogP contribution in [0, 0.1) is 0 Å². The van der Waals surface area contributed by atoms with Crippen LogP contribution in [0.4, 0.5) is 0 Å². The number of aromatic nitrogens is 3. The van der Waals surface area contributed by atoms with Crippen molar-refractivity contribution in [2.24, 2.45) is 0 Å². The van der Waals surface area contributed by atoms with Crippen molar-refractivity contribution in [2.75, 3.05) is 6.61 Å². The molecule has 0 N–H and O–H groups in total. The van der Waals surface area contributed by atoms with Gasteiger partial charge in [-0.05, 0) is 53.8 Å². The first-order chi connectivity index (χ1) is 19.2. The molecule has 39 heavy (non-hydrogen) atoms. The molecule has 0 aliphatic carbocycles. The van der Waals surface area contributed by atoms with Gasteiger partial charge in [-0.1, -0.05) is 60.7 Å². The van der Waals surface area contributed by atoms with E-state index < -0.39 is 0 Å². The number of hydrogen-bond acceptors (Lipinski definition) is 5. The van der Waals surface area contributed by atoms with E-state index in [0.29, 0.717) is 26.1 Å². The van der Waals surface area contributed by atoms with Crippen molar-refractivity contribution in [3.05, 3.63) is 127 Å². The fraction of sp³-hybridized carbons (Fsp3) is 0.182. The summed E-state index contributed by atoms with van der Waals surface area (Å²) in [6.45, 7) is 3.43. The number of aryl methyl sites for hydroxylation is 1. The average molecular weight is 518 g/mol. The van der Waals surface area contributed by atoms with Crippen molar-refractivity contribution in [1.82, 2.24) is 14.5 Å². The van der Waals surface area contributed by atoms with E-state index >= 15 is 0 Å². The van der Waals surface area contributed by atoms with E-state index in [2.05, 4.69) is 57.3 Å². The molecule has 0 aliphatic heterocycles. The molecule has 5 aromatic rings. The minimum absolute atomic E-state index is 0.166. The summed E-state index contributed by atoms with van der Waals surface area (Å²) in [5, 5.41) is 0. The third-order valence-corrected chi connectivity index (χ3v) is 6.43. The van der Waals surface area contributed by atoms with E-state index in [9.17, 15) is 4.79 Å². The van der Waals surface area contributed by atoms with Crippen molar-refractivity contribution in [3.63, 3.8) is 0 Å². The average Bonchev–Trinajstić information content (AvgIpc) is 3.39. The standard InChI is InChI=1S/C33H31N3O3/c1-2-38-33(37)16-13-29-22-36(23-31(29)27-8-4-3-5-9-27)21-25-11-14-30(15-12-25)39-24-26-7-6-10-28(19-26)32-20-34-17-18-35-32/h3-12,14-15,17-20,22-23H,2,13,16,21,24H2,1H3. The smallest absolute Gasteiger partial charge is 0.306 e. The Morgan fingerprint density at radius 3 is 2.46 bits per heavy atom. The van der Waals surface area contributed by atoms with Crippen LogP contribution in [-0.2, 0) is 29.1 Å². The normalized spacial score (nSPS) is 10.8. The van der Waals surface area contributed by atoms with Crippen LogP contribution < -0.4 is 4.74 Å². The van der Waals surface area contributed by atoms with E-state index in [-0.39, 0.29) is 5.97 Å². The molecule has 0 amide bonds. The lowest BCUT2D eigenvalue weighted by Crippen LogP contribution is -2.05. The number of rotatable bonds is 11. The van der Waals surface area contributed by atoms with Gasteiger partial charge in [0.1, 0.15) is 12.4 Å². The van der Waals surface area contributed by atoms with E-state index in [1.807, 2.05) is 55.5 Å². The van der Waals surface area contributed by atoms with Crippen molar-refractivity contribution >= 4 is 5.97 Å². The van der Waals surface area contributed by atoms with E-state index in [4.69, 9.17) is 9.47 Å². The van der Waals surface area contributed by atoms with Gasteiger partial charge in [0.2, 0.25) is 0 Å². The quantitative estimate of drug-likeness (QED) is 0.182. The van der Waals surface area contributed by atoms with E-state index in [0.717, 1.165) is 45.8 Å². The number of benzene rings is 3. The van der Waals surface area contributed by atoms with Crippen LogP contribution >= 0.6 is 0 Å². The predicted octanol–water partition coefficient (Wildman–Crippen LogP) is 6.74. The van der Waals surface area contributed by atoms with Crippen LogP contribution in [0.15, 0.2) is 110 Å². The molecule has 196 valence electrons. The van der Waals surface area contributed by atoms with Gasteiger partial charge in [-0.2, -0.15) is 0 Å². The summed E-state index contributed by atoms with van der Waals surface area (Å²) in [5.74, 6) is 0.650. The SMILES string of the molecule is CCOC(=O)CCc1cn(Cc2ccc(OCc3cccc(-c4cnccn4)c3)cc2)cc1-c1ccccc1. The lowest BCUT2D eigenvalue weighted by atomic mass is 10.0. The van der Waals surface area contributed by atoms with Crippen molar-refractivity contribution < 1.29 is 14.3 Å². The number of esters is 1. The van der Waals surface area contributed by atoms with Crippen LogP contribution in [0.3, 0.4) is 0 Å². The van der Waals surface area contributed by atoms with E-state index in [1.54, 1.807) is 18.6 Å². The van der Waals surface area contributed by atoms with Crippen LogP contribution in [0.2, 0.25) is 0 Å². The highest BCUT2D eigenvalue weighted by molar-refractivity contribution is 5.72. The lowest BCUT2D eigenvalue weighted by Gasteiger charge is -2.09.